The molecule has 1 unspecified atom stereocenters. The van der Waals surface area contributed by atoms with E-state index in [0.717, 1.165) is 67.7 Å². The van der Waals surface area contributed by atoms with E-state index in [2.05, 4.69) is 70.6 Å². The number of anilines is 3. The second kappa shape index (κ2) is 25.1. The minimum Gasteiger partial charge on any atom is -0.483 e. The third-order valence-electron chi connectivity index (χ3n) is 16.4. The maximum Gasteiger partial charge on any atom is 0.410 e. The molecule has 9 aliphatic heterocycles. The van der Waals surface area contributed by atoms with Gasteiger partial charge in [0.1, 0.15) is 72.0 Å². The van der Waals surface area contributed by atoms with Crippen LogP contribution in [0, 0.1) is 17.8 Å². The molecule has 0 spiro atoms. The fraction of sp³-hybridized carbons (Fsp3) is 0.500. The van der Waals surface area contributed by atoms with E-state index in [-0.39, 0.29) is 71.9 Å². The molecule has 12 rings (SSSR count). The fourth-order valence-corrected chi connectivity index (χ4v) is 12.0. The van der Waals surface area contributed by atoms with Crippen molar-refractivity contribution in [3.63, 3.8) is 0 Å². The average molecular weight is 1240 g/mol. The minimum absolute atomic E-state index is 0.143. The van der Waals surface area contributed by atoms with E-state index in [0.29, 0.717) is 76.6 Å². The van der Waals surface area contributed by atoms with Gasteiger partial charge in [-0.25, -0.2) is 30.7 Å². The van der Waals surface area contributed by atoms with Gasteiger partial charge in [0.15, 0.2) is 17.5 Å². The van der Waals surface area contributed by atoms with Gasteiger partial charge < -0.3 is 57.8 Å². The van der Waals surface area contributed by atoms with Crippen LogP contribution in [0.3, 0.4) is 0 Å². The molecule has 0 bridgehead atoms. The van der Waals surface area contributed by atoms with Crippen molar-refractivity contribution in [2.24, 2.45) is 33.1 Å². The highest BCUT2D eigenvalue weighted by atomic mass is 16.6. The van der Waals surface area contributed by atoms with Gasteiger partial charge in [0.2, 0.25) is 0 Å². The van der Waals surface area contributed by atoms with E-state index in [1.807, 2.05) is 152 Å². The van der Waals surface area contributed by atoms with E-state index in [4.69, 9.17) is 28.4 Å². The van der Waals surface area contributed by atoms with Crippen LogP contribution in [0.25, 0.3) is 16.7 Å². The van der Waals surface area contributed by atoms with Crippen molar-refractivity contribution in [3.05, 3.63) is 89.5 Å². The number of amidine groups is 3. The third-order valence-corrected chi connectivity index (χ3v) is 16.4. The van der Waals surface area contributed by atoms with Crippen molar-refractivity contribution in [1.82, 2.24) is 31.0 Å². The molecule has 0 saturated heterocycles. The first-order valence-corrected chi connectivity index (χ1v) is 30.7. The first kappa shape index (κ1) is 63.9. The molecule has 9 aliphatic rings. The summed E-state index contributed by atoms with van der Waals surface area (Å²) >= 11 is 0. The quantitative estimate of drug-likeness (QED) is 0.207. The van der Waals surface area contributed by atoms with Crippen molar-refractivity contribution < 1.29 is 57.2 Å². The van der Waals surface area contributed by atoms with E-state index in [1.165, 1.54) is 0 Å². The predicted molar refractivity (Wildman–Crippen MR) is 343 cm³/mol. The molecule has 0 fully saturated rings. The number of nitrogens with one attached hydrogen (secondary N) is 3. The summed E-state index contributed by atoms with van der Waals surface area (Å²) in [7, 11) is 0. The number of carbonyl (C=O) groups is 6. The monoisotopic (exact) mass is 1240 g/mol. The molecule has 0 aromatic heterocycles. The van der Waals surface area contributed by atoms with Crippen molar-refractivity contribution in [1.29, 1.82) is 0 Å². The number of hydrogen-bond acceptors (Lipinski definition) is 18. The lowest BCUT2D eigenvalue weighted by Crippen LogP contribution is -2.55. The molecule has 3 aromatic carbocycles. The van der Waals surface area contributed by atoms with Gasteiger partial charge in [0, 0.05) is 39.3 Å². The summed E-state index contributed by atoms with van der Waals surface area (Å²) in [6.07, 6.45) is 5.34. The third kappa shape index (κ3) is 13.9. The summed E-state index contributed by atoms with van der Waals surface area (Å²) in [6, 6.07) is 16.9. The van der Waals surface area contributed by atoms with Gasteiger partial charge in [-0.2, -0.15) is 15.3 Å². The lowest BCUT2D eigenvalue weighted by molar-refractivity contribution is -0.123. The number of nitrogens with zero attached hydrogens (tertiary/aromatic N) is 9. The number of hydrazone groups is 3. The molecule has 0 saturated carbocycles. The van der Waals surface area contributed by atoms with E-state index in [1.54, 1.807) is 14.7 Å². The van der Waals surface area contributed by atoms with Gasteiger partial charge >= 0.3 is 18.3 Å². The summed E-state index contributed by atoms with van der Waals surface area (Å²) < 4.78 is 34.0. The maximum absolute atomic E-state index is 12.4. The van der Waals surface area contributed by atoms with Crippen LogP contribution in [0.4, 0.5) is 31.4 Å². The number of rotatable bonds is 3. The molecular formula is C66H84N12O12. The Morgan fingerprint density at radius 1 is 0.433 bits per heavy atom. The standard InChI is InChI=1S/3C22H28N4O4/c3*1-13-11-25(21(28)30-22(3,4)5)9-8-16(13)15-6-7-18-17(10-15)26-14(2)20(27)24-23-19(26)12-29-18/h3*6-8,10,13-14H,9,11-12H2,1-5H3,(H,24,27)/t13?,14-;13-,14+;13-,14-/m101/s1. The highest BCUT2D eigenvalue weighted by Crippen LogP contribution is 2.43. The van der Waals surface area contributed by atoms with Crippen LogP contribution in [0.5, 0.6) is 17.2 Å². The van der Waals surface area contributed by atoms with E-state index < -0.39 is 16.8 Å². The smallest absolute Gasteiger partial charge is 0.410 e. The number of benzene rings is 3. The molecule has 9 heterocycles. The SMILES string of the molecule is CC1CN(C(=O)OC(C)(C)C)CC=C1c1ccc2c(c1)N1C(=NNC(=O)[C@H]1C)CO2.C[C@@H]1C(=O)NN=C2COc3ccc(C4=CCN(C(=O)OC(C)(C)C)C[C@@H]4C)cc3N21.C[C@@H]1CN(C(=O)OC(C)(C)C)CC=C1c1ccc2c(c1)N1C(=NNC(=O)[C@H]1C)CO2. The molecule has 3 N–H and O–H groups in total. The van der Waals surface area contributed by atoms with Crippen LogP contribution in [0.1, 0.15) is 121 Å². The zero-order valence-electron chi connectivity index (χ0n) is 54.2. The number of amides is 6. The van der Waals surface area contributed by atoms with Gasteiger partial charge in [-0.3, -0.25) is 14.4 Å². The zero-order valence-corrected chi connectivity index (χ0v) is 54.2. The number of ether oxygens (including phenoxy) is 6. The molecule has 6 atom stereocenters. The van der Waals surface area contributed by atoms with Gasteiger partial charge in [-0.05, 0) is 171 Å². The lowest BCUT2D eigenvalue weighted by Gasteiger charge is -2.38. The second-order valence-electron chi connectivity index (χ2n) is 26.9. The topological polar surface area (TPSA) is 250 Å². The Hall–Kier alpha value is -9.09. The number of hydrogen-bond donors (Lipinski definition) is 3. The normalized spacial score (nSPS) is 23.4. The van der Waals surface area contributed by atoms with Gasteiger partial charge in [-0.1, -0.05) is 57.2 Å². The second-order valence-corrected chi connectivity index (χ2v) is 26.9. The fourth-order valence-electron chi connectivity index (χ4n) is 12.0. The Balaban J connectivity index is 0.000000148. The Morgan fingerprint density at radius 2 is 0.689 bits per heavy atom. The van der Waals surface area contributed by atoms with Crippen LogP contribution in [-0.4, -0.2) is 162 Å². The van der Waals surface area contributed by atoms with Gasteiger partial charge in [0.25, 0.3) is 17.7 Å². The lowest BCUT2D eigenvalue weighted by atomic mass is 9.90. The highest BCUT2D eigenvalue weighted by molar-refractivity contribution is 6.11. The van der Waals surface area contributed by atoms with Crippen LogP contribution >= 0.6 is 0 Å². The Kier molecular flexibility index (Phi) is 17.8. The van der Waals surface area contributed by atoms with Crippen molar-refractivity contribution in [2.45, 2.75) is 139 Å². The zero-order chi connectivity index (χ0) is 64.9. The molecule has 480 valence electrons. The molecule has 24 heteroatoms. The van der Waals surface area contributed by atoms with Crippen molar-refractivity contribution in [2.75, 3.05) is 73.8 Å². The maximum atomic E-state index is 12.4. The Labute approximate surface area is 525 Å². The average Bonchev–Trinajstić information content (AvgIpc) is 0.783. The number of carbonyl (C=O) groups excluding carboxylic acids is 6. The molecule has 0 radical (unpaired) electrons. The number of fused-ring (bicyclic) bond motifs is 9. The Bertz CT molecular complexity index is 3210. The molecular weight excluding hydrogens is 1150 g/mol. The van der Waals surface area contributed by atoms with E-state index in [9.17, 15) is 28.8 Å². The van der Waals surface area contributed by atoms with Crippen LogP contribution < -0.4 is 45.2 Å². The van der Waals surface area contributed by atoms with Gasteiger partial charge in [0.05, 0.1) is 17.1 Å². The molecule has 3 aromatic rings. The van der Waals surface area contributed by atoms with Crippen molar-refractivity contribution >= 4 is 87.3 Å². The van der Waals surface area contributed by atoms with Gasteiger partial charge in [-0.15, -0.1) is 0 Å². The first-order chi connectivity index (χ1) is 42.4. The van der Waals surface area contributed by atoms with Crippen LogP contribution in [-0.2, 0) is 28.6 Å². The summed E-state index contributed by atoms with van der Waals surface area (Å²) in [5.74, 6) is 4.27. The summed E-state index contributed by atoms with van der Waals surface area (Å²) in [5.41, 5.74) is 15.2. The minimum atomic E-state index is -0.514. The highest BCUT2D eigenvalue weighted by Gasteiger charge is 2.40. The van der Waals surface area contributed by atoms with Crippen LogP contribution in [0.2, 0.25) is 0 Å². The summed E-state index contributed by atoms with van der Waals surface area (Å²) in [6.45, 7) is 32.9. The van der Waals surface area contributed by atoms with Crippen molar-refractivity contribution in [3.8, 4) is 17.2 Å². The van der Waals surface area contributed by atoms with E-state index >= 15 is 0 Å². The predicted octanol–water partition coefficient (Wildman–Crippen LogP) is 8.96. The largest absolute Gasteiger partial charge is 0.483 e. The molecule has 0 aliphatic carbocycles. The molecule has 90 heavy (non-hydrogen) atoms. The molecule has 24 nitrogen and oxygen atoms in total. The first-order valence-electron chi connectivity index (χ1n) is 30.7. The summed E-state index contributed by atoms with van der Waals surface area (Å²) in [5, 5.41) is 12.4. The summed E-state index contributed by atoms with van der Waals surface area (Å²) in [4.78, 5) is 84.6. The Morgan fingerprint density at radius 3 is 0.922 bits per heavy atom. The van der Waals surface area contributed by atoms with Crippen LogP contribution in [0.15, 0.2) is 88.1 Å². The molecule has 6 amide bonds.